The largest absolute Gasteiger partial charge is 0.492 e. The van der Waals surface area contributed by atoms with Crippen LogP contribution in [0.15, 0.2) is 18.2 Å². The predicted octanol–water partition coefficient (Wildman–Crippen LogP) is 2.40. The van der Waals surface area contributed by atoms with Crippen molar-refractivity contribution in [1.29, 1.82) is 0 Å². The van der Waals surface area contributed by atoms with E-state index in [9.17, 15) is 4.79 Å². The number of nitrogens with two attached hydrogens (primary N) is 1. The molecule has 0 aliphatic rings. The minimum Gasteiger partial charge on any atom is -0.492 e. The summed E-state index contributed by atoms with van der Waals surface area (Å²) in [6, 6.07) is 5.12. The molecule has 4 nitrogen and oxygen atoms in total. The van der Waals surface area contributed by atoms with Gasteiger partial charge in [0.05, 0.1) is 12.3 Å². The number of hydrogen-bond acceptors (Lipinski definition) is 4. The zero-order chi connectivity index (χ0) is 14.3. The van der Waals surface area contributed by atoms with Crippen molar-refractivity contribution in [2.75, 3.05) is 30.9 Å². The van der Waals surface area contributed by atoms with Crippen molar-refractivity contribution in [2.24, 2.45) is 5.92 Å². The molecular formula is C14H22N2O2S. The molecule has 19 heavy (non-hydrogen) atoms. The van der Waals surface area contributed by atoms with Crippen LogP contribution >= 0.6 is 11.8 Å². The summed E-state index contributed by atoms with van der Waals surface area (Å²) in [5.41, 5.74) is 6.90. The maximum atomic E-state index is 12.0. The molecule has 5 heteroatoms. The Morgan fingerprint density at radius 3 is 2.84 bits per heavy atom. The van der Waals surface area contributed by atoms with E-state index >= 15 is 0 Å². The fourth-order valence-corrected chi connectivity index (χ4v) is 2.38. The summed E-state index contributed by atoms with van der Waals surface area (Å²) in [7, 11) is 0. The highest BCUT2D eigenvalue weighted by Gasteiger charge is 2.10. The summed E-state index contributed by atoms with van der Waals surface area (Å²) in [4.78, 5) is 12.0. The van der Waals surface area contributed by atoms with Gasteiger partial charge in [-0.3, -0.25) is 4.79 Å². The van der Waals surface area contributed by atoms with E-state index in [0.717, 1.165) is 5.75 Å². The van der Waals surface area contributed by atoms with Gasteiger partial charge < -0.3 is 15.8 Å². The summed E-state index contributed by atoms with van der Waals surface area (Å²) in [5, 5.41) is 2.91. The normalized spacial score (nSPS) is 11.9. The van der Waals surface area contributed by atoms with Crippen LogP contribution in [0, 0.1) is 5.92 Å². The number of nitrogens with one attached hydrogen (secondary N) is 1. The molecular weight excluding hydrogens is 260 g/mol. The van der Waals surface area contributed by atoms with E-state index in [4.69, 9.17) is 10.5 Å². The van der Waals surface area contributed by atoms with E-state index in [1.807, 2.05) is 6.92 Å². The second-order valence-corrected chi connectivity index (χ2v) is 5.37. The van der Waals surface area contributed by atoms with Crippen molar-refractivity contribution in [1.82, 2.24) is 5.32 Å². The minimum absolute atomic E-state index is 0.0947. The molecule has 0 aliphatic carbocycles. The highest BCUT2D eigenvalue weighted by Crippen LogP contribution is 2.22. The van der Waals surface area contributed by atoms with Crippen molar-refractivity contribution in [2.45, 2.75) is 13.8 Å². The molecule has 0 spiro atoms. The predicted molar refractivity (Wildman–Crippen MR) is 81.9 cm³/mol. The molecule has 1 aromatic carbocycles. The zero-order valence-corrected chi connectivity index (χ0v) is 12.5. The first-order chi connectivity index (χ1) is 9.08. The van der Waals surface area contributed by atoms with Crippen molar-refractivity contribution < 1.29 is 9.53 Å². The second kappa shape index (κ2) is 7.94. The zero-order valence-electron chi connectivity index (χ0n) is 11.7. The Labute approximate surface area is 119 Å². The lowest BCUT2D eigenvalue weighted by Gasteiger charge is -2.12. The third kappa shape index (κ3) is 5.03. The number of rotatable bonds is 7. The molecule has 0 saturated heterocycles. The van der Waals surface area contributed by atoms with E-state index in [2.05, 4.69) is 18.5 Å². The molecule has 1 rings (SSSR count). The first kappa shape index (κ1) is 15.7. The van der Waals surface area contributed by atoms with E-state index in [1.54, 1.807) is 30.0 Å². The molecule has 0 aliphatic heterocycles. The average molecular weight is 282 g/mol. The Morgan fingerprint density at radius 1 is 1.53 bits per heavy atom. The number of amides is 1. The van der Waals surface area contributed by atoms with E-state index < -0.39 is 0 Å². The van der Waals surface area contributed by atoms with Gasteiger partial charge in [0.15, 0.2) is 0 Å². The van der Waals surface area contributed by atoms with Crippen molar-refractivity contribution in [3.8, 4) is 5.75 Å². The molecule has 0 heterocycles. The van der Waals surface area contributed by atoms with Gasteiger partial charge in [-0.1, -0.05) is 6.92 Å². The fourth-order valence-electron chi connectivity index (χ4n) is 1.69. The molecule has 0 saturated carbocycles. The van der Waals surface area contributed by atoms with Gasteiger partial charge in [0.2, 0.25) is 0 Å². The number of thioether (sulfide) groups is 1. The summed E-state index contributed by atoms with van der Waals surface area (Å²) in [6.07, 6.45) is 2.06. The lowest BCUT2D eigenvalue weighted by molar-refractivity contribution is 0.0949. The topological polar surface area (TPSA) is 64.3 Å². The molecule has 0 radical (unpaired) electrons. The number of carbonyl (C=O) groups is 1. The van der Waals surface area contributed by atoms with Gasteiger partial charge in [0.25, 0.3) is 5.91 Å². The van der Waals surface area contributed by atoms with Gasteiger partial charge in [-0.05, 0) is 43.0 Å². The van der Waals surface area contributed by atoms with Crippen molar-refractivity contribution in [3.05, 3.63) is 23.8 Å². The SMILES string of the molecule is CCOc1ccc(C(=O)NCC(C)CSC)cc1N. The molecule has 0 bridgehead atoms. The van der Waals surface area contributed by atoms with E-state index in [-0.39, 0.29) is 5.91 Å². The Morgan fingerprint density at radius 2 is 2.26 bits per heavy atom. The summed E-state index contributed by atoms with van der Waals surface area (Å²) >= 11 is 1.78. The van der Waals surface area contributed by atoms with E-state index in [0.29, 0.717) is 36.1 Å². The van der Waals surface area contributed by atoms with Crippen molar-refractivity contribution >= 4 is 23.4 Å². The standard InChI is InChI=1S/C14H22N2O2S/c1-4-18-13-6-5-11(7-12(13)15)14(17)16-8-10(2)9-19-3/h5-7,10H,4,8-9,15H2,1-3H3,(H,16,17). The molecule has 1 unspecified atom stereocenters. The number of hydrogen-bond donors (Lipinski definition) is 2. The van der Waals surface area contributed by atoms with Crippen LogP contribution in [0.5, 0.6) is 5.75 Å². The third-order valence-electron chi connectivity index (χ3n) is 2.63. The van der Waals surface area contributed by atoms with Gasteiger partial charge in [-0.25, -0.2) is 0 Å². The van der Waals surface area contributed by atoms with Crippen LogP contribution < -0.4 is 15.8 Å². The molecule has 0 fully saturated rings. The van der Waals surface area contributed by atoms with Gasteiger partial charge in [-0.2, -0.15) is 11.8 Å². The van der Waals surface area contributed by atoms with Gasteiger partial charge >= 0.3 is 0 Å². The maximum Gasteiger partial charge on any atom is 0.251 e. The van der Waals surface area contributed by atoms with Crippen LogP contribution in [0.1, 0.15) is 24.2 Å². The monoisotopic (exact) mass is 282 g/mol. The third-order valence-corrected chi connectivity index (χ3v) is 3.54. The number of benzene rings is 1. The molecule has 0 aromatic heterocycles. The molecule has 1 atom stereocenters. The van der Waals surface area contributed by atoms with Crippen LogP contribution in [-0.4, -0.2) is 31.1 Å². The summed E-state index contributed by atoms with van der Waals surface area (Å²) in [5.74, 6) is 2.02. The Balaban J connectivity index is 2.60. The average Bonchev–Trinajstić information content (AvgIpc) is 2.39. The molecule has 3 N–H and O–H groups in total. The van der Waals surface area contributed by atoms with Crippen LogP contribution in [0.4, 0.5) is 5.69 Å². The van der Waals surface area contributed by atoms with E-state index in [1.165, 1.54) is 0 Å². The molecule has 1 aromatic rings. The number of anilines is 1. The van der Waals surface area contributed by atoms with Gasteiger partial charge in [0, 0.05) is 12.1 Å². The maximum absolute atomic E-state index is 12.0. The first-order valence-electron chi connectivity index (χ1n) is 6.38. The van der Waals surface area contributed by atoms with Crippen LogP contribution in [0.3, 0.4) is 0 Å². The quantitative estimate of drug-likeness (QED) is 0.754. The Hall–Kier alpha value is -1.36. The van der Waals surface area contributed by atoms with Crippen LogP contribution in [0.2, 0.25) is 0 Å². The number of carbonyl (C=O) groups excluding carboxylic acids is 1. The van der Waals surface area contributed by atoms with Crippen LogP contribution in [0.25, 0.3) is 0 Å². The lowest BCUT2D eigenvalue weighted by atomic mass is 10.1. The van der Waals surface area contributed by atoms with Gasteiger partial charge in [0.1, 0.15) is 5.75 Å². The number of nitrogen functional groups attached to an aromatic ring is 1. The molecule has 106 valence electrons. The van der Waals surface area contributed by atoms with Crippen molar-refractivity contribution in [3.63, 3.8) is 0 Å². The van der Waals surface area contributed by atoms with Gasteiger partial charge in [-0.15, -0.1) is 0 Å². The Kier molecular flexibility index (Phi) is 6.56. The highest BCUT2D eigenvalue weighted by molar-refractivity contribution is 7.98. The first-order valence-corrected chi connectivity index (χ1v) is 7.77. The smallest absolute Gasteiger partial charge is 0.251 e. The second-order valence-electron chi connectivity index (χ2n) is 4.46. The van der Waals surface area contributed by atoms with Crippen LogP contribution in [-0.2, 0) is 0 Å². The summed E-state index contributed by atoms with van der Waals surface area (Å²) in [6.45, 7) is 5.24. The lowest BCUT2D eigenvalue weighted by Crippen LogP contribution is -2.29. The summed E-state index contributed by atoms with van der Waals surface area (Å²) < 4.78 is 5.34. The molecule has 1 amide bonds. The fraction of sp³-hybridized carbons (Fsp3) is 0.500. The Bertz CT molecular complexity index is 424. The minimum atomic E-state index is -0.0947. The number of ether oxygens (including phenoxy) is 1. The highest BCUT2D eigenvalue weighted by atomic mass is 32.2.